The van der Waals surface area contributed by atoms with Crippen LogP contribution in [0.3, 0.4) is 0 Å². The largest absolute Gasteiger partial charge is 0.504 e. The van der Waals surface area contributed by atoms with Gasteiger partial charge in [0.15, 0.2) is 11.5 Å². The summed E-state index contributed by atoms with van der Waals surface area (Å²) in [6, 6.07) is 3.64. The Bertz CT molecular complexity index is 538. The number of rotatable bonds is 4. The van der Waals surface area contributed by atoms with Crippen LogP contribution in [0, 0.1) is 5.92 Å². The van der Waals surface area contributed by atoms with E-state index in [0.29, 0.717) is 18.7 Å². The van der Waals surface area contributed by atoms with Gasteiger partial charge in [-0.1, -0.05) is 19.9 Å². The van der Waals surface area contributed by atoms with Crippen molar-refractivity contribution in [1.82, 2.24) is 4.90 Å². The van der Waals surface area contributed by atoms with Gasteiger partial charge in [-0.2, -0.15) is 0 Å². The molecule has 116 valence electrons. The van der Waals surface area contributed by atoms with E-state index in [-0.39, 0.29) is 29.7 Å². The van der Waals surface area contributed by atoms with Crippen molar-refractivity contribution >= 4 is 5.91 Å². The quantitative estimate of drug-likeness (QED) is 0.593. The smallest absolute Gasteiger partial charge is 0.240 e. The minimum absolute atomic E-state index is 0.0896. The van der Waals surface area contributed by atoms with Gasteiger partial charge in [-0.25, -0.2) is 0 Å². The van der Waals surface area contributed by atoms with Gasteiger partial charge in [0.25, 0.3) is 0 Å². The fourth-order valence-corrected chi connectivity index (χ4v) is 2.41. The van der Waals surface area contributed by atoms with Crippen molar-refractivity contribution in [3.8, 4) is 11.5 Å². The van der Waals surface area contributed by atoms with Crippen LogP contribution in [0.4, 0.5) is 0 Å². The molecule has 6 nitrogen and oxygen atoms in total. The third kappa shape index (κ3) is 3.11. The van der Waals surface area contributed by atoms with E-state index in [4.69, 9.17) is 5.73 Å². The first kappa shape index (κ1) is 15.6. The number of β-amino-alcohol motifs (C(OH)–C–C–N with tert-alkyl or cyclic N) is 1. The highest BCUT2D eigenvalue weighted by Gasteiger charge is 2.46. The third-order valence-corrected chi connectivity index (χ3v) is 4.13. The van der Waals surface area contributed by atoms with Crippen molar-refractivity contribution in [2.45, 2.75) is 31.9 Å². The fourth-order valence-electron chi connectivity index (χ4n) is 2.41. The number of benzene rings is 1. The average molecular weight is 294 g/mol. The molecule has 1 heterocycles. The Labute approximate surface area is 123 Å². The summed E-state index contributed by atoms with van der Waals surface area (Å²) in [7, 11) is 0. The Hall–Kier alpha value is -1.79. The molecule has 1 atom stereocenters. The standard InChI is InChI=1S/C15H22N2O4/c1-9(2)15(21)7-17(8-15)14(20)11(16)5-10-3-4-12(18)13(19)6-10/h3-4,6,9,11,18-19,21H,5,7-8,16H2,1-2H3/t11-/m0/s1. The summed E-state index contributed by atoms with van der Waals surface area (Å²) in [6.45, 7) is 4.44. The number of hydrogen-bond acceptors (Lipinski definition) is 5. The van der Waals surface area contributed by atoms with Crippen LogP contribution >= 0.6 is 0 Å². The number of phenolic OH excluding ortho intramolecular Hbond substituents is 2. The fraction of sp³-hybridized carbons (Fsp3) is 0.533. The van der Waals surface area contributed by atoms with Crippen LogP contribution in [0.25, 0.3) is 0 Å². The summed E-state index contributed by atoms with van der Waals surface area (Å²) in [5, 5.41) is 28.8. The maximum Gasteiger partial charge on any atom is 0.240 e. The summed E-state index contributed by atoms with van der Waals surface area (Å²) >= 11 is 0. The number of aliphatic hydroxyl groups is 1. The zero-order valence-electron chi connectivity index (χ0n) is 12.3. The van der Waals surface area contributed by atoms with E-state index in [1.807, 2.05) is 13.8 Å². The minimum atomic E-state index is -0.813. The topological polar surface area (TPSA) is 107 Å². The summed E-state index contributed by atoms with van der Waals surface area (Å²) in [5.41, 5.74) is 5.75. The van der Waals surface area contributed by atoms with Gasteiger partial charge >= 0.3 is 0 Å². The molecule has 0 spiro atoms. The lowest BCUT2D eigenvalue weighted by Gasteiger charge is -2.49. The van der Waals surface area contributed by atoms with Gasteiger partial charge in [-0.15, -0.1) is 0 Å². The predicted molar refractivity (Wildman–Crippen MR) is 77.8 cm³/mol. The van der Waals surface area contributed by atoms with E-state index in [2.05, 4.69) is 0 Å². The zero-order chi connectivity index (χ0) is 15.8. The van der Waals surface area contributed by atoms with Gasteiger partial charge < -0.3 is 26.0 Å². The highest BCUT2D eigenvalue weighted by molar-refractivity contribution is 5.83. The Balaban J connectivity index is 1.93. The Morgan fingerprint density at radius 2 is 1.95 bits per heavy atom. The molecule has 0 bridgehead atoms. The number of amides is 1. The van der Waals surface area contributed by atoms with Crippen LogP contribution in [-0.2, 0) is 11.2 Å². The van der Waals surface area contributed by atoms with Gasteiger partial charge in [-0.3, -0.25) is 4.79 Å². The number of aromatic hydroxyl groups is 2. The molecule has 1 amide bonds. The molecule has 2 rings (SSSR count). The van der Waals surface area contributed by atoms with Crippen molar-refractivity contribution in [2.75, 3.05) is 13.1 Å². The van der Waals surface area contributed by atoms with Crippen LogP contribution in [-0.4, -0.2) is 50.9 Å². The SMILES string of the molecule is CC(C)C1(O)CN(C(=O)[C@@H](N)Cc2ccc(O)c(O)c2)C1. The lowest BCUT2D eigenvalue weighted by Crippen LogP contribution is -2.68. The van der Waals surface area contributed by atoms with Gasteiger partial charge in [0.05, 0.1) is 19.1 Å². The molecule has 6 heteroatoms. The maximum absolute atomic E-state index is 12.2. The molecule has 1 aliphatic rings. The molecular formula is C15H22N2O4. The molecule has 1 fully saturated rings. The molecule has 1 aliphatic heterocycles. The average Bonchev–Trinajstić information content (AvgIpc) is 2.38. The van der Waals surface area contributed by atoms with Crippen molar-refractivity contribution in [3.05, 3.63) is 23.8 Å². The first-order chi connectivity index (χ1) is 9.73. The van der Waals surface area contributed by atoms with E-state index in [1.165, 1.54) is 12.1 Å². The molecule has 1 aromatic rings. The Kier molecular flexibility index (Phi) is 4.11. The van der Waals surface area contributed by atoms with Gasteiger partial charge in [0.1, 0.15) is 5.60 Å². The van der Waals surface area contributed by atoms with Crippen LogP contribution in [0.2, 0.25) is 0 Å². The number of likely N-dealkylation sites (tertiary alicyclic amines) is 1. The molecule has 0 aromatic heterocycles. The molecule has 0 unspecified atom stereocenters. The van der Waals surface area contributed by atoms with Crippen molar-refractivity contribution in [2.24, 2.45) is 11.7 Å². The molecule has 5 N–H and O–H groups in total. The molecule has 0 radical (unpaired) electrons. The Morgan fingerprint density at radius 3 is 2.48 bits per heavy atom. The van der Waals surface area contributed by atoms with E-state index in [1.54, 1.807) is 11.0 Å². The number of phenols is 2. The van der Waals surface area contributed by atoms with Crippen LogP contribution in [0.1, 0.15) is 19.4 Å². The van der Waals surface area contributed by atoms with Crippen molar-refractivity contribution in [3.63, 3.8) is 0 Å². The second-order valence-electron chi connectivity index (χ2n) is 6.09. The summed E-state index contributed by atoms with van der Waals surface area (Å²) in [5.74, 6) is -0.562. The summed E-state index contributed by atoms with van der Waals surface area (Å²) in [4.78, 5) is 13.7. The second-order valence-corrected chi connectivity index (χ2v) is 6.09. The minimum Gasteiger partial charge on any atom is -0.504 e. The molecule has 1 aromatic carbocycles. The summed E-state index contributed by atoms with van der Waals surface area (Å²) in [6.07, 6.45) is 0.267. The van der Waals surface area contributed by atoms with Gasteiger partial charge in [0.2, 0.25) is 5.91 Å². The summed E-state index contributed by atoms with van der Waals surface area (Å²) < 4.78 is 0. The molecule has 1 saturated heterocycles. The number of nitrogens with two attached hydrogens (primary N) is 1. The van der Waals surface area contributed by atoms with E-state index < -0.39 is 11.6 Å². The van der Waals surface area contributed by atoms with E-state index in [9.17, 15) is 20.1 Å². The normalized spacial score (nSPS) is 18.4. The first-order valence-corrected chi connectivity index (χ1v) is 7.00. The van der Waals surface area contributed by atoms with Crippen molar-refractivity contribution < 1.29 is 20.1 Å². The lowest BCUT2D eigenvalue weighted by molar-refractivity contribution is -0.165. The number of hydrogen-bond donors (Lipinski definition) is 4. The number of nitrogens with zero attached hydrogens (tertiary/aromatic N) is 1. The molecule has 0 saturated carbocycles. The lowest BCUT2D eigenvalue weighted by atomic mass is 9.82. The van der Waals surface area contributed by atoms with Gasteiger partial charge in [0, 0.05) is 0 Å². The van der Waals surface area contributed by atoms with Gasteiger partial charge in [-0.05, 0) is 30.0 Å². The van der Waals surface area contributed by atoms with E-state index >= 15 is 0 Å². The number of carbonyl (C=O) groups is 1. The highest BCUT2D eigenvalue weighted by atomic mass is 16.3. The Morgan fingerprint density at radius 1 is 1.33 bits per heavy atom. The van der Waals surface area contributed by atoms with E-state index in [0.717, 1.165) is 0 Å². The molecule has 0 aliphatic carbocycles. The van der Waals surface area contributed by atoms with Crippen LogP contribution in [0.5, 0.6) is 11.5 Å². The highest BCUT2D eigenvalue weighted by Crippen LogP contribution is 2.29. The van der Waals surface area contributed by atoms with Crippen LogP contribution < -0.4 is 5.73 Å². The molecule has 21 heavy (non-hydrogen) atoms. The van der Waals surface area contributed by atoms with Crippen LogP contribution in [0.15, 0.2) is 18.2 Å². The first-order valence-electron chi connectivity index (χ1n) is 7.00. The maximum atomic E-state index is 12.2. The zero-order valence-corrected chi connectivity index (χ0v) is 12.3. The third-order valence-electron chi connectivity index (χ3n) is 4.13. The second kappa shape index (κ2) is 5.54. The molecular weight excluding hydrogens is 272 g/mol. The predicted octanol–water partition coefficient (Wildman–Crippen LogP) is 0.197. The van der Waals surface area contributed by atoms with Crippen molar-refractivity contribution in [1.29, 1.82) is 0 Å². The monoisotopic (exact) mass is 294 g/mol. The number of carbonyl (C=O) groups excluding carboxylic acids is 1.